The van der Waals surface area contributed by atoms with Gasteiger partial charge in [-0.2, -0.15) is 0 Å². The summed E-state index contributed by atoms with van der Waals surface area (Å²) in [5, 5.41) is 3.57. The first-order valence-electron chi connectivity index (χ1n) is 11.6. The van der Waals surface area contributed by atoms with Crippen LogP contribution < -0.4 is 14.4 Å². The van der Waals surface area contributed by atoms with Crippen LogP contribution in [0, 0.1) is 0 Å². The highest BCUT2D eigenvalue weighted by molar-refractivity contribution is 7.92. The van der Waals surface area contributed by atoms with Gasteiger partial charge >= 0.3 is 0 Å². The van der Waals surface area contributed by atoms with Crippen molar-refractivity contribution < 1.29 is 22.7 Å². The van der Waals surface area contributed by atoms with Gasteiger partial charge in [-0.25, -0.2) is 8.42 Å². The second-order valence-electron chi connectivity index (χ2n) is 8.38. The van der Waals surface area contributed by atoms with Crippen LogP contribution in [0.5, 0.6) is 5.75 Å². The Balaban J connectivity index is 2.19. The number of hydrogen-bond acceptors (Lipinski definition) is 5. The molecule has 0 radical (unpaired) electrons. The Kier molecular flexibility index (Phi) is 11.3. The monoisotopic (exact) mass is 557 g/mol. The van der Waals surface area contributed by atoms with Crippen molar-refractivity contribution in [2.75, 3.05) is 30.8 Å². The molecule has 0 saturated carbocycles. The molecule has 1 N–H and O–H groups in total. The number of nitrogens with zero attached hydrogens (tertiary/aromatic N) is 2. The number of benzene rings is 2. The maximum atomic E-state index is 13.3. The highest BCUT2D eigenvalue weighted by atomic mass is 35.5. The Morgan fingerprint density at radius 3 is 2.44 bits per heavy atom. The van der Waals surface area contributed by atoms with Crippen molar-refractivity contribution in [1.29, 1.82) is 0 Å². The van der Waals surface area contributed by atoms with E-state index in [1.54, 1.807) is 49.4 Å². The number of halogens is 2. The zero-order valence-corrected chi connectivity index (χ0v) is 23.3. The maximum absolute atomic E-state index is 13.3. The highest BCUT2D eigenvalue weighted by Crippen LogP contribution is 2.25. The van der Waals surface area contributed by atoms with Crippen LogP contribution >= 0.6 is 23.2 Å². The fourth-order valence-corrected chi connectivity index (χ4v) is 4.86. The average molecular weight is 559 g/mol. The molecule has 1 atom stereocenters. The Morgan fingerprint density at radius 1 is 1.11 bits per heavy atom. The lowest BCUT2D eigenvalue weighted by Crippen LogP contribution is -2.47. The summed E-state index contributed by atoms with van der Waals surface area (Å²) < 4.78 is 31.3. The fourth-order valence-electron chi connectivity index (χ4n) is 3.58. The lowest BCUT2D eigenvalue weighted by Gasteiger charge is -2.29. The molecule has 0 aliphatic heterocycles. The van der Waals surface area contributed by atoms with Crippen molar-refractivity contribution in [3.63, 3.8) is 0 Å². The van der Waals surface area contributed by atoms with Gasteiger partial charge in [0.05, 0.1) is 29.1 Å². The van der Waals surface area contributed by atoms with Crippen LogP contribution in [0.25, 0.3) is 0 Å². The van der Waals surface area contributed by atoms with E-state index in [-0.39, 0.29) is 37.7 Å². The third kappa shape index (κ3) is 8.57. The number of anilines is 1. The van der Waals surface area contributed by atoms with Gasteiger partial charge in [0.2, 0.25) is 21.8 Å². The molecule has 36 heavy (non-hydrogen) atoms. The quantitative estimate of drug-likeness (QED) is 0.391. The van der Waals surface area contributed by atoms with Gasteiger partial charge < -0.3 is 15.0 Å². The first-order valence-corrected chi connectivity index (χ1v) is 14.2. The number of carbonyl (C=O) groups excluding carboxylic acids is 2. The second-order valence-corrected chi connectivity index (χ2v) is 11.1. The summed E-state index contributed by atoms with van der Waals surface area (Å²) in [6.07, 6.45) is 2.18. The molecule has 1 unspecified atom stereocenters. The molecular formula is C25H33Cl2N3O5S. The normalized spacial score (nSPS) is 12.1. The highest BCUT2D eigenvalue weighted by Gasteiger charge is 2.26. The summed E-state index contributed by atoms with van der Waals surface area (Å²) in [5.74, 6) is -0.0179. The van der Waals surface area contributed by atoms with Gasteiger partial charge in [0, 0.05) is 32.1 Å². The Labute approximate surface area is 223 Å². The largest absolute Gasteiger partial charge is 0.497 e. The molecule has 11 heteroatoms. The minimum Gasteiger partial charge on any atom is -0.497 e. The molecule has 2 amide bonds. The number of methoxy groups -OCH3 is 1. The van der Waals surface area contributed by atoms with E-state index >= 15 is 0 Å². The smallest absolute Gasteiger partial charge is 0.242 e. The van der Waals surface area contributed by atoms with Crippen LogP contribution in [0.4, 0.5) is 5.69 Å². The van der Waals surface area contributed by atoms with Gasteiger partial charge in [0.15, 0.2) is 0 Å². The Morgan fingerprint density at radius 2 is 1.83 bits per heavy atom. The summed E-state index contributed by atoms with van der Waals surface area (Å²) in [6.45, 7) is 4.36. The van der Waals surface area contributed by atoms with E-state index in [2.05, 4.69) is 5.32 Å². The van der Waals surface area contributed by atoms with Crippen molar-refractivity contribution in [1.82, 2.24) is 10.2 Å². The SMILES string of the molecule is CCCNC(=O)C(C)N(Cc1ccc(Cl)c(Cl)c1)C(=O)CCCN(c1cccc(OC)c1)S(C)(=O)=O. The van der Waals surface area contributed by atoms with Crippen LogP contribution in [0.2, 0.25) is 10.0 Å². The maximum Gasteiger partial charge on any atom is 0.242 e. The third-order valence-corrected chi connectivity index (χ3v) is 7.48. The molecule has 198 valence electrons. The predicted molar refractivity (Wildman–Crippen MR) is 144 cm³/mol. The van der Waals surface area contributed by atoms with Crippen LogP contribution in [-0.2, 0) is 26.2 Å². The first-order chi connectivity index (χ1) is 17.0. The number of ether oxygens (including phenoxy) is 1. The van der Waals surface area contributed by atoms with Crippen LogP contribution in [0.3, 0.4) is 0 Å². The molecule has 0 bridgehead atoms. The summed E-state index contributed by atoms with van der Waals surface area (Å²) in [6, 6.07) is 11.0. The van der Waals surface area contributed by atoms with Gasteiger partial charge in [-0.15, -0.1) is 0 Å². The topological polar surface area (TPSA) is 96.0 Å². The number of sulfonamides is 1. The van der Waals surface area contributed by atoms with Crippen molar-refractivity contribution >= 4 is 50.7 Å². The Bertz CT molecular complexity index is 1160. The molecule has 8 nitrogen and oxygen atoms in total. The van der Waals surface area contributed by atoms with Crippen LogP contribution in [0.1, 0.15) is 38.7 Å². The molecule has 0 saturated heterocycles. The van der Waals surface area contributed by atoms with Crippen molar-refractivity contribution in [2.24, 2.45) is 0 Å². The zero-order valence-electron chi connectivity index (χ0n) is 21.0. The standard InChI is InChI=1S/C25H33Cl2N3O5S/c1-5-13-28-25(32)18(2)29(17-19-11-12-22(26)23(27)15-19)24(31)10-7-14-30(36(4,33)34)20-8-6-9-21(16-20)35-3/h6,8-9,11-12,15-16,18H,5,7,10,13-14,17H2,1-4H3,(H,28,32). The summed E-state index contributed by atoms with van der Waals surface area (Å²) in [5.41, 5.74) is 1.17. The van der Waals surface area contributed by atoms with Crippen molar-refractivity contribution in [3.8, 4) is 5.75 Å². The number of hydrogen-bond donors (Lipinski definition) is 1. The van der Waals surface area contributed by atoms with E-state index in [0.717, 1.165) is 18.2 Å². The number of nitrogens with one attached hydrogen (secondary N) is 1. The predicted octanol–water partition coefficient (Wildman–Crippen LogP) is 4.49. The third-order valence-electron chi connectivity index (χ3n) is 5.55. The summed E-state index contributed by atoms with van der Waals surface area (Å²) >= 11 is 12.2. The van der Waals surface area contributed by atoms with E-state index in [0.29, 0.717) is 28.0 Å². The second kappa shape index (κ2) is 13.7. The van der Waals surface area contributed by atoms with E-state index in [1.807, 2.05) is 6.92 Å². The summed E-state index contributed by atoms with van der Waals surface area (Å²) in [7, 11) is -2.09. The van der Waals surface area contributed by atoms with Gasteiger partial charge in [-0.05, 0) is 49.6 Å². The van der Waals surface area contributed by atoms with Gasteiger partial charge in [-0.1, -0.05) is 42.3 Å². The minimum atomic E-state index is -3.60. The Hall–Kier alpha value is -2.49. The molecule has 0 aliphatic carbocycles. The minimum absolute atomic E-state index is 0.0444. The number of amides is 2. The molecule has 0 aliphatic rings. The fraction of sp³-hybridized carbons (Fsp3) is 0.440. The lowest BCUT2D eigenvalue weighted by atomic mass is 10.1. The summed E-state index contributed by atoms with van der Waals surface area (Å²) in [4.78, 5) is 27.4. The van der Waals surface area contributed by atoms with Crippen molar-refractivity contribution in [2.45, 2.75) is 45.7 Å². The molecular weight excluding hydrogens is 525 g/mol. The van der Waals surface area contributed by atoms with Gasteiger partial charge in [-0.3, -0.25) is 13.9 Å². The van der Waals surface area contributed by atoms with E-state index in [4.69, 9.17) is 27.9 Å². The van der Waals surface area contributed by atoms with E-state index in [9.17, 15) is 18.0 Å². The van der Waals surface area contributed by atoms with Crippen LogP contribution in [-0.4, -0.2) is 57.6 Å². The molecule has 2 rings (SSSR count). The molecule has 0 spiro atoms. The van der Waals surface area contributed by atoms with Gasteiger partial charge in [0.25, 0.3) is 0 Å². The lowest BCUT2D eigenvalue weighted by molar-refractivity contribution is -0.140. The average Bonchev–Trinajstić information content (AvgIpc) is 2.84. The molecule has 0 heterocycles. The van der Waals surface area contributed by atoms with Gasteiger partial charge in [0.1, 0.15) is 11.8 Å². The number of carbonyl (C=O) groups is 2. The molecule has 0 aromatic heterocycles. The zero-order chi connectivity index (χ0) is 26.9. The molecule has 2 aromatic carbocycles. The van der Waals surface area contributed by atoms with Crippen molar-refractivity contribution in [3.05, 3.63) is 58.1 Å². The molecule has 0 fully saturated rings. The number of rotatable bonds is 13. The first kappa shape index (κ1) is 29.7. The van der Waals surface area contributed by atoms with E-state index < -0.39 is 16.1 Å². The van der Waals surface area contributed by atoms with Crippen LogP contribution in [0.15, 0.2) is 42.5 Å². The molecule has 2 aromatic rings. The van der Waals surface area contributed by atoms with E-state index in [1.165, 1.54) is 16.3 Å².